The van der Waals surface area contributed by atoms with Gasteiger partial charge in [-0.2, -0.15) is 0 Å². The molecule has 0 saturated carbocycles. The Morgan fingerprint density at radius 1 is 1.13 bits per heavy atom. The maximum atomic E-state index is 11.6. The van der Waals surface area contributed by atoms with E-state index >= 15 is 0 Å². The lowest BCUT2D eigenvalue weighted by atomic mass is 10.3. The number of nitrogens with two attached hydrogens (primary N) is 1. The molecule has 0 radical (unpaired) electrons. The van der Waals surface area contributed by atoms with Crippen LogP contribution in [0.4, 0.5) is 9.59 Å². The Morgan fingerprint density at radius 3 is 2.04 bits per heavy atom. The van der Waals surface area contributed by atoms with E-state index in [1.54, 1.807) is 32.6 Å². The second-order valence-electron chi connectivity index (χ2n) is 4.70. The fourth-order valence-electron chi connectivity index (χ4n) is 1.84. The van der Waals surface area contributed by atoms with E-state index in [4.69, 9.17) is 15.2 Å². The summed E-state index contributed by atoms with van der Waals surface area (Å²) in [5.41, 5.74) is 6.06. The molecule has 0 fully saturated rings. The van der Waals surface area contributed by atoms with Crippen molar-refractivity contribution >= 4 is 37.0 Å². The highest BCUT2D eigenvalue weighted by Gasteiger charge is 2.36. The maximum absolute atomic E-state index is 11.6. The van der Waals surface area contributed by atoms with Gasteiger partial charge in [-0.3, -0.25) is 5.73 Å². The van der Waals surface area contributed by atoms with E-state index in [9.17, 15) is 9.59 Å². The summed E-state index contributed by atoms with van der Waals surface area (Å²) in [6.45, 7) is 10.2. The van der Waals surface area contributed by atoms with Gasteiger partial charge in [0.2, 0.25) is 5.85 Å². The van der Waals surface area contributed by atoms with E-state index in [-0.39, 0.29) is 24.8 Å². The molecule has 2 amide bonds. The van der Waals surface area contributed by atoms with Gasteiger partial charge in [0.05, 0.1) is 0 Å². The molecule has 0 aliphatic rings. The van der Waals surface area contributed by atoms with Gasteiger partial charge in [0.1, 0.15) is 0 Å². The molecule has 0 aromatic rings. The molecular formula is C13H30Cl2N4O4. The molecule has 8 nitrogen and oxygen atoms in total. The number of alkyl carbamates (subject to hydrolysis) is 2. The van der Waals surface area contributed by atoms with Gasteiger partial charge < -0.3 is 20.1 Å². The summed E-state index contributed by atoms with van der Waals surface area (Å²) < 4.78 is 10.4. The van der Waals surface area contributed by atoms with Gasteiger partial charge in [-0.15, -0.1) is 24.8 Å². The number of carbonyl (C=O) groups excluding carboxylic acids is 2. The number of hydrogen-bond donors (Lipinski definition) is 3. The molecule has 2 atom stereocenters. The van der Waals surface area contributed by atoms with Crippen LogP contribution in [-0.4, -0.2) is 48.8 Å². The molecule has 0 rings (SSSR count). The summed E-state index contributed by atoms with van der Waals surface area (Å²) in [7, 11) is 0. The van der Waals surface area contributed by atoms with Crippen LogP contribution in [0.1, 0.15) is 41.0 Å². The molecule has 140 valence electrons. The highest BCUT2D eigenvalue weighted by molar-refractivity contribution is 5.85. The van der Waals surface area contributed by atoms with Crippen LogP contribution in [0.3, 0.4) is 0 Å². The number of rotatable bonds is 8. The normalized spacial score (nSPS) is 13.7. The monoisotopic (exact) mass is 376 g/mol. The SMILES string of the molecule is CCCN(C(C)OC(=O)NCC)C(C)(N)OC(=O)NCC.Cl.Cl. The number of nitrogens with one attached hydrogen (secondary N) is 2. The molecule has 23 heavy (non-hydrogen) atoms. The van der Waals surface area contributed by atoms with E-state index in [1.165, 1.54) is 0 Å². The first-order chi connectivity index (χ1) is 9.78. The van der Waals surface area contributed by atoms with E-state index < -0.39 is 24.3 Å². The van der Waals surface area contributed by atoms with Crippen LogP contribution in [0.2, 0.25) is 0 Å². The van der Waals surface area contributed by atoms with Crippen LogP contribution in [0.15, 0.2) is 0 Å². The van der Waals surface area contributed by atoms with Gasteiger partial charge in [0, 0.05) is 26.6 Å². The van der Waals surface area contributed by atoms with Gasteiger partial charge >= 0.3 is 12.2 Å². The number of carbonyl (C=O) groups is 2. The number of hydrogen-bond acceptors (Lipinski definition) is 6. The number of nitrogens with zero attached hydrogens (tertiary/aromatic N) is 1. The van der Waals surface area contributed by atoms with Crippen molar-refractivity contribution in [3.8, 4) is 0 Å². The van der Waals surface area contributed by atoms with Gasteiger partial charge in [-0.05, 0) is 27.2 Å². The van der Waals surface area contributed by atoms with Crippen LogP contribution in [0.5, 0.6) is 0 Å². The van der Waals surface area contributed by atoms with E-state index in [0.29, 0.717) is 19.6 Å². The van der Waals surface area contributed by atoms with Gasteiger partial charge in [0.15, 0.2) is 6.23 Å². The molecule has 0 spiro atoms. The quantitative estimate of drug-likeness (QED) is 0.559. The highest BCUT2D eigenvalue weighted by Crippen LogP contribution is 2.16. The lowest BCUT2D eigenvalue weighted by Gasteiger charge is -2.39. The second kappa shape index (κ2) is 13.5. The molecule has 0 aliphatic heterocycles. The Labute approximate surface area is 150 Å². The molecule has 0 saturated heterocycles. The summed E-state index contributed by atoms with van der Waals surface area (Å²) in [5, 5.41) is 5.05. The van der Waals surface area contributed by atoms with Gasteiger partial charge in [0.25, 0.3) is 0 Å². The van der Waals surface area contributed by atoms with Crippen LogP contribution in [-0.2, 0) is 9.47 Å². The molecule has 4 N–H and O–H groups in total. The zero-order valence-corrected chi connectivity index (χ0v) is 16.0. The van der Waals surface area contributed by atoms with Gasteiger partial charge in [-0.1, -0.05) is 6.92 Å². The van der Waals surface area contributed by atoms with Crippen molar-refractivity contribution in [2.45, 2.75) is 53.1 Å². The highest BCUT2D eigenvalue weighted by atomic mass is 35.5. The number of ether oxygens (including phenoxy) is 2. The predicted molar refractivity (Wildman–Crippen MR) is 93.9 cm³/mol. The smallest absolute Gasteiger partial charge is 0.409 e. The number of amides is 2. The number of halogens is 2. The predicted octanol–water partition coefficient (Wildman–Crippen LogP) is 2.01. The Morgan fingerprint density at radius 2 is 1.61 bits per heavy atom. The van der Waals surface area contributed by atoms with Crippen molar-refractivity contribution in [3.05, 3.63) is 0 Å². The molecule has 0 bridgehead atoms. The standard InChI is InChI=1S/C13H28N4O4.2ClH/c1-6-9-17(10(4)20-11(18)15-7-2)13(5,14)21-12(19)16-8-3;;/h10H,6-9,14H2,1-5H3,(H,15,18)(H,16,19);2*1H. The Bertz CT molecular complexity index is 346. The summed E-state index contributed by atoms with van der Waals surface area (Å²) in [6.07, 6.45) is -1.04. The fraction of sp³-hybridized carbons (Fsp3) is 0.846. The fourth-order valence-corrected chi connectivity index (χ4v) is 1.84. The third-order valence-corrected chi connectivity index (χ3v) is 2.69. The molecule has 0 aliphatic carbocycles. The zero-order valence-electron chi connectivity index (χ0n) is 14.4. The molecule has 0 aromatic heterocycles. The third-order valence-electron chi connectivity index (χ3n) is 2.69. The summed E-state index contributed by atoms with van der Waals surface area (Å²) in [4.78, 5) is 24.7. The first kappa shape index (κ1) is 26.9. The molecule has 2 unspecified atom stereocenters. The summed E-state index contributed by atoms with van der Waals surface area (Å²) in [5.74, 6) is -1.39. The Kier molecular flexibility index (Phi) is 15.8. The topological polar surface area (TPSA) is 106 Å². The molecule has 10 heteroatoms. The van der Waals surface area contributed by atoms with Crippen molar-refractivity contribution in [2.24, 2.45) is 5.73 Å². The third kappa shape index (κ3) is 10.4. The average molecular weight is 377 g/mol. The van der Waals surface area contributed by atoms with E-state index in [0.717, 1.165) is 6.42 Å². The van der Waals surface area contributed by atoms with Crippen molar-refractivity contribution in [1.82, 2.24) is 15.5 Å². The van der Waals surface area contributed by atoms with Gasteiger partial charge in [-0.25, -0.2) is 14.5 Å². The first-order valence-electron chi connectivity index (χ1n) is 7.25. The van der Waals surface area contributed by atoms with Crippen LogP contribution >= 0.6 is 24.8 Å². The maximum Gasteiger partial charge on any atom is 0.409 e. The Balaban J connectivity index is -0.00000200. The second-order valence-corrected chi connectivity index (χ2v) is 4.70. The van der Waals surface area contributed by atoms with Crippen LogP contribution < -0.4 is 16.4 Å². The summed E-state index contributed by atoms with van der Waals surface area (Å²) in [6, 6.07) is 0. The van der Waals surface area contributed by atoms with Crippen LogP contribution in [0.25, 0.3) is 0 Å². The minimum Gasteiger partial charge on any atom is -0.430 e. The van der Waals surface area contributed by atoms with Crippen molar-refractivity contribution < 1.29 is 19.1 Å². The van der Waals surface area contributed by atoms with Crippen molar-refractivity contribution in [2.75, 3.05) is 19.6 Å². The first-order valence-corrected chi connectivity index (χ1v) is 7.25. The van der Waals surface area contributed by atoms with Crippen molar-refractivity contribution in [3.63, 3.8) is 0 Å². The Hall–Kier alpha value is -0.960. The van der Waals surface area contributed by atoms with E-state index in [1.807, 2.05) is 6.92 Å². The average Bonchev–Trinajstić information content (AvgIpc) is 2.35. The minimum absolute atomic E-state index is 0. The molecular weight excluding hydrogens is 347 g/mol. The van der Waals surface area contributed by atoms with E-state index in [2.05, 4.69) is 10.6 Å². The summed E-state index contributed by atoms with van der Waals surface area (Å²) >= 11 is 0. The largest absolute Gasteiger partial charge is 0.430 e. The van der Waals surface area contributed by atoms with Crippen LogP contribution in [0, 0.1) is 0 Å². The lowest BCUT2D eigenvalue weighted by molar-refractivity contribution is -0.158. The molecule has 0 aromatic carbocycles. The zero-order chi connectivity index (χ0) is 16.5. The van der Waals surface area contributed by atoms with Crippen molar-refractivity contribution in [1.29, 1.82) is 0 Å². The minimum atomic E-state index is -1.39. The lowest BCUT2D eigenvalue weighted by Crippen LogP contribution is -2.61. The molecule has 0 heterocycles.